The molecule has 1 unspecified atom stereocenters. The number of sulfonamides is 1. The molecule has 2 N–H and O–H groups in total. The van der Waals surface area contributed by atoms with Crippen LogP contribution in [0.25, 0.3) is 0 Å². The molecule has 7 nitrogen and oxygen atoms in total. The van der Waals surface area contributed by atoms with Crippen LogP contribution >= 0.6 is 0 Å². The zero-order chi connectivity index (χ0) is 17.7. The number of nitrogens with zero attached hydrogens (tertiary/aromatic N) is 1. The number of amides is 1. The molecule has 2 rings (SSSR count). The first kappa shape index (κ1) is 18.0. The fourth-order valence-electron chi connectivity index (χ4n) is 2.59. The van der Waals surface area contributed by atoms with E-state index in [1.54, 1.807) is 0 Å². The molecule has 128 valence electrons. The van der Waals surface area contributed by atoms with Crippen molar-refractivity contribution in [3.05, 3.63) is 29.8 Å². The molecular weight excluding hydrogens is 332 g/mol. The highest BCUT2D eigenvalue weighted by Gasteiger charge is 2.32. The summed E-state index contributed by atoms with van der Waals surface area (Å²) in [6, 6.07) is 4.50. The monoisotopic (exact) mass is 350 g/mol. The van der Waals surface area contributed by atoms with Crippen molar-refractivity contribution >= 4 is 21.9 Å². The Bertz CT molecular complexity index is 765. The molecule has 1 atom stereocenters. The van der Waals surface area contributed by atoms with Gasteiger partial charge in [0.1, 0.15) is 6.04 Å². The number of rotatable bonds is 5. The minimum absolute atomic E-state index is 0.0114. The van der Waals surface area contributed by atoms with Gasteiger partial charge >= 0.3 is 5.97 Å². The minimum atomic E-state index is -3.73. The largest absolute Gasteiger partial charge is 0.480 e. The summed E-state index contributed by atoms with van der Waals surface area (Å²) in [6.07, 6.45) is 6.95. The molecule has 0 saturated carbocycles. The van der Waals surface area contributed by atoms with E-state index in [2.05, 4.69) is 10.6 Å². The molecule has 1 aliphatic heterocycles. The van der Waals surface area contributed by atoms with Crippen molar-refractivity contribution in [1.29, 1.82) is 0 Å². The summed E-state index contributed by atoms with van der Waals surface area (Å²) in [5.74, 6) is 0.734. The molecule has 1 aliphatic rings. The molecule has 1 heterocycles. The number of likely N-dealkylation sites (tertiary alicyclic amines) is 1. The summed E-state index contributed by atoms with van der Waals surface area (Å²) in [4.78, 5) is 25.1. The second kappa shape index (κ2) is 7.47. The quantitative estimate of drug-likeness (QED) is 0.760. The summed E-state index contributed by atoms with van der Waals surface area (Å²) < 4.78 is 26.1. The number of nitrogens with one attached hydrogen (secondary N) is 1. The van der Waals surface area contributed by atoms with Gasteiger partial charge in [0, 0.05) is 12.1 Å². The van der Waals surface area contributed by atoms with Gasteiger partial charge in [-0.05, 0) is 43.5 Å². The van der Waals surface area contributed by atoms with Gasteiger partial charge in [-0.3, -0.25) is 4.79 Å². The Morgan fingerprint density at radius 1 is 1.29 bits per heavy atom. The third kappa shape index (κ3) is 3.93. The van der Waals surface area contributed by atoms with E-state index < -0.39 is 27.9 Å². The molecule has 0 aromatic heterocycles. The van der Waals surface area contributed by atoms with E-state index in [1.807, 2.05) is 0 Å². The van der Waals surface area contributed by atoms with Gasteiger partial charge in [-0.15, -0.1) is 6.42 Å². The first-order chi connectivity index (χ1) is 11.4. The van der Waals surface area contributed by atoms with Crippen molar-refractivity contribution in [2.24, 2.45) is 0 Å². The number of aliphatic carboxylic acids is 1. The first-order valence-electron chi connectivity index (χ1n) is 7.44. The maximum absolute atomic E-state index is 12.5. The smallest absolute Gasteiger partial charge is 0.326 e. The third-order valence-electron chi connectivity index (χ3n) is 3.82. The highest BCUT2D eigenvalue weighted by molar-refractivity contribution is 7.89. The Morgan fingerprint density at radius 3 is 2.54 bits per heavy atom. The van der Waals surface area contributed by atoms with Crippen LogP contribution in [-0.2, 0) is 14.8 Å². The fraction of sp³-hybridized carbons (Fsp3) is 0.375. The number of carbonyl (C=O) groups excluding carboxylic acids is 1. The van der Waals surface area contributed by atoms with E-state index in [0.29, 0.717) is 13.0 Å². The lowest BCUT2D eigenvalue weighted by atomic mass is 10.0. The fourth-order valence-corrected chi connectivity index (χ4v) is 3.53. The van der Waals surface area contributed by atoms with Crippen LogP contribution in [0.3, 0.4) is 0 Å². The Labute approximate surface area is 140 Å². The van der Waals surface area contributed by atoms with Crippen LogP contribution in [-0.4, -0.2) is 49.4 Å². The van der Waals surface area contributed by atoms with Gasteiger partial charge in [-0.1, -0.05) is 5.92 Å². The second-order valence-corrected chi connectivity index (χ2v) is 7.17. The number of carboxylic acids is 1. The molecule has 0 bridgehead atoms. The van der Waals surface area contributed by atoms with Gasteiger partial charge in [0.2, 0.25) is 10.0 Å². The van der Waals surface area contributed by atoms with Gasteiger partial charge < -0.3 is 10.0 Å². The van der Waals surface area contributed by atoms with Crippen LogP contribution in [0.4, 0.5) is 0 Å². The number of terminal acetylenes is 1. The molecule has 1 aromatic rings. The molecule has 0 aliphatic carbocycles. The van der Waals surface area contributed by atoms with E-state index in [-0.39, 0.29) is 17.0 Å². The molecule has 1 saturated heterocycles. The molecule has 1 fully saturated rings. The second-order valence-electron chi connectivity index (χ2n) is 5.40. The first-order valence-corrected chi connectivity index (χ1v) is 8.92. The van der Waals surface area contributed by atoms with Crippen LogP contribution < -0.4 is 4.72 Å². The summed E-state index contributed by atoms with van der Waals surface area (Å²) in [5.41, 5.74) is 0.249. The number of hydrogen-bond donors (Lipinski definition) is 2. The third-order valence-corrected chi connectivity index (χ3v) is 5.24. The summed E-state index contributed by atoms with van der Waals surface area (Å²) in [6.45, 7) is 0.247. The van der Waals surface area contributed by atoms with Crippen LogP contribution in [0.2, 0.25) is 0 Å². The Morgan fingerprint density at radius 2 is 1.96 bits per heavy atom. The lowest BCUT2D eigenvalue weighted by Gasteiger charge is -2.33. The Hall–Kier alpha value is -2.37. The highest BCUT2D eigenvalue weighted by Crippen LogP contribution is 2.20. The number of benzene rings is 1. The van der Waals surface area contributed by atoms with E-state index in [9.17, 15) is 23.1 Å². The average molecular weight is 350 g/mol. The van der Waals surface area contributed by atoms with Gasteiger partial charge in [-0.25, -0.2) is 13.2 Å². The minimum Gasteiger partial charge on any atom is -0.480 e. The summed E-state index contributed by atoms with van der Waals surface area (Å²) in [7, 11) is -3.73. The summed E-state index contributed by atoms with van der Waals surface area (Å²) in [5, 5.41) is 9.24. The lowest BCUT2D eigenvalue weighted by molar-refractivity contribution is -0.143. The lowest BCUT2D eigenvalue weighted by Crippen LogP contribution is -2.47. The van der Waals surface area contributed by atoms with Gasteiger partial charge in [0.05, 0.1) is 11.4 Å². The zero-order valence-corrected chi connectivity index (χ0v) is 13.8. The van der Waals surface area contributed by atoms with Crippen molar-refractivity contribution in [3.63, 3.8) is 0 Å². The molecular formula is C16H18N2O5S. The van der Waals surface area contributed by atoms with E-state index in [0.717, 1.165) is 12.8 Å². The summed E-state index contributed by atoms with van der Waals surface area (Å²) >= 11 is 0. The van der Waals surface area contributed by atoms with Gasteiger partial charge in [0.25, 0.3) is 5.91 Å². The SMILES string of the molecule is C#CCNS(=O)(=O)c1ccc(C(=O)N2CCCCC2C(=O)O)cc1. The molecule has 8 heteroatoms. The predicted octanol–water partition coefficient (Wildman–Crippen LogP) is 0.677. The molecule has 1 amide bonds. The van der Waals surface area contributed by atoms with Crippen LogP contribution in [0.15, 0.2) is 29.2 Å². The van der Waals surface area contributed by atoms with Crippen molar-refractivity contribution in [3.8, 4) is 12.3 Å². The number of piperidine rings is 1. The van der Waals surface area contributed by atoms with E-state index >= 15 is 0 Å². The molecule has 0 radical (unpaired) electrons. The Kier molecular flexibility index (Phi) is 5.59. The molecule has 24 heavy (non-hydrogen) atoms. The van der Waals surface area contributed by atoms with Crippen molar-refractivity contribution in [2.45, 2.75) is 30.2 Å². The predicted molar refractivity (Wildman–Crippen MR) is 86.8 cm³/mol. The highest BCUT2D eigenvalue weighted by atomic mass is 32.2. The normalized spacial score (nSPS) is 18.0. The number of hydrogen-bond acceptors (Lipinski definition) is 4. The topological polar surface area (TPSA) is 104 Å². The maximum atomic E-state index is 12.5. The van der Waals surface area contributed by atoms with E-state index in [4.69, 9.17) is 6.42 Å². The van der Waals surface area contributed by atoms with Gasteiger partial charge in [0.15, 0.2) is 0 Å². The van der Waals surface area contributed by atoms with Crippen LogP contribution in [0.5, 0.6) is 0 Å². The van der Waals surface area contributed by atoms with Crippen LogP contribution in [0.1, 0.15) is 29.6 Å². The standard InChI is InChI=1S/C16H18N2O5S/c1-2-10-17-24(22,23)13-8-6-12(7-9-13)15(19)18-11-4-3-5-14(18)16(20)21/h1,6-9,14,17H,3-5,10-11H2,(H,20,21). The van der Waals surface area contributed by atoms with Crippen molar-refractivity contribution in [2.75, 3.05) is 13.1 Å². The average Bonchev–Trinajstić information content (AvgIpc) is 2.59. The van der Waals surface area contributed by atoms with Crippen molar-refractivity contribution in [1.82, 2.24) is 9.62 Å². The maximum Gasteiger partial charge on any atom is 0.326 e. The van der Waals surface area contributed by atoms with Crippen LogP contribution in [0, 0.1) is 12.3 Å². The van der Waals surface area contributed by atoms with Gasteiger partial charge in [-0.2, -0.15) is 4.72 Å². The number of carbonyl (C=O) groups is 2. The van der Waals surface area contributed by atoms with E-state index in [1.165, 1.54) is 29.2 Å². The van der Waals surface area contributed by atoms with Crippen molar-refractivity contribution < 1.29 is 23.1 Å². The Balaban J connectivity index is 2.19. The number of carboxylic acid groups (broad SMARTS) is 1. The molecule has 1 aromatic carbocycles. The zero-order valence-electron chi connectivity index (χ0n) is 12.9. The molecule has 0 spiro atoms.